The minimum atomic E-state index is 0.553. The van der Waals surface area contributed by atoms with Gasteiger partial charge in [-0.3, -0.25) is 0 Å². The van der Waals surface area contributed by atoms with Crippen molar-refractivity contribution in [3.8, 4) is 0 Å². The van der Waals surface area contributed by atoms with Crippen LogP contribution in [0.4, 0.5) is 17.5 Å². The van der Waals surface area contributed by atoms with Gasteiger partial charge < -0.3 is 15.6 Å². The first-order valence-electron chi connectivity index (χ1n) is 8.84. The molecular formula is C21H20ClN5. The Morgan fingerprint density at radius 2 is 2.00 bits per heavy atom. The van der Waals surface area contributed by atoms with Crippen LogP contribution in [0, 0.1) is 6.92 Å². The van der Waals surface area contributed by atoms with E-state index < -0.39 is 0 Å². The summed E-state index contributed by atoms with van der Waals surface area (Å²) in [5.74, 6) is 1.34. The Morgan fingerprint density at radius 3 is 2.89 bits per heavy atom. The molecule has 4 aromatic rings. The maximum atomic E-state index is 6.01. The molecule has 0 saturated carbocycles. The fourth-order valence-electron chi connectivity index (χ4n) is 3.07. The van der Waals surface area contributed by atoms with Gasteiger partial charge in [0.25, 0.3) is 0 Å². The van der Waals surface area contributed by atoms with E-state index in [4.69, 9.17) is 11.6 Å². The first-order valence-corrected chi connectivity index (χ1v) is 9.22. The van der Waals surface area contributed by atoms with Gasteiger partial charge in [0.15, 0.2) is 0 Å². The third-order valence-electron chi connectivity index (χ3n) is 4.47. The third kappa shape index (κ3) is 4.04. The summed E-state index contributed by atoms with van der Waals surface area (Å²) in [5, 5.41) is 8.59. The van der Waals surface area contributed by atoms with Crippen molar-refractivity contribution in [3.63, 3.8) is 0 Å². The molecule has 5 nitrogen and oxygen atoms in total. The van der Waals surface area contributed by atoms with Crippen molar-refractivity contribution < 1.29 is 0 Å². The van der Waals surface area contributed by atoms with Crippen LogP contribution in [0.1, 0.15) is 11.1 Å². The Hall–Kier alpha value is -3.05. The van der Waals surface area contributed by atoms with Crippen LogP contribution >= 0.6 is 11.6 Å². The van der Waals surface area contributed by atoms with Crippen molar-refractivity contribution in [1.29, 1.82) is 0 Å². The van der Waals surface area contributed by atoms with Gasteiger partial charge in [-0.1, -0.05) is 29.8 Å². The lowest BCUT2D eigenvalue weighted by atomic mass is 10.1. The average molecular weight is 378 g/mol. The SMILES string of the molecule is Cc1cc(Cl)ccc1Nc1nccc(NCCc2c[nH]c3ccccc23)n1. The molecule has 0 bridgehead atoms. The van der Waals surface area contributed by atoms with Gasteiger partial charge >= 0.3 is 0 Å². The molecular weight excluding hydrogens is 358 g/mol. The summed E-state index contributed by atoms with van der Waals surface area (Å²) in [5.41, 5.74) is 4.45. The van der Waals surface area contributed by atoms with E-state index in [1.165, 1.54) is 16.5 Å². The van der Waals surface area contributed by atoms with E-state index in [-0.39, 0.29) is 0 Å². The number of fused-ring (bicyclic) bond motifs is 1. The Kier molecular flexibility index (Phi) is 4.94. The van der Waals surface area contributed by atoms with Crippen molar-refractivity contribution in [1.82, 2.24) is 15.0 Å². The molecule has 27 heavy (non-hydrogen) atoms. The molecule has 0 aliphatic carbocycles. The molecule has 0 saturated heterocycles. The zero-order valence-electron chi connectivity index (χ0n) is 15.0. The number of benzene rings is 2. The highest BCUT2D eigenvalue weighted by Crippen LogP contribution is 2.22. The summed E-state index contributed by atoms with van der Waals surface area (Å²) >= 11 is 6.01. The summed E-state index contributed by atoms with van der Waals surface area (Å²) in [7, 11) is 0. The molecule has 4 rings (SSSR count). The van der Waals surface area contributed by atoms with Gasteiger partial charge in [0.2, 0.25) is 5.95 Å². The van der Waals surface area contributed by atoms with Crippen LogP contribution in [0.25, 0.3) is 10.9 Å². The van der Waals surface area contributed by atoms with Gasteiger partial charge in [0.1, 0.15) is 5.82 Å². The number of aromatic nitrogens is 3. The monoisotopic (exact) mass is 377 g/mol. The number of nitrogens with one attached hydrogen (secondary N) is 3. The number of rotatable bonds is 6. The summed E-state index contributed by atoms with van der Waals surface area (Å²) in [6.07, 6.45) is 4.73. The van der Waals surface area contributed by atoms with Crippen molar-refractivity contribution in [2.45, 2.75) is 13.3 Å². The number of hydrogen-bond acceptors (Lipinski definition) is 4. The van der Waals surface area contributed by atoms with Gasteiger partial charge in [-0.15, -0.1) is 0 Å². The number of aromatic amines is 1. The van der Waals surface area contributed by atoms with E-state index in [2.05, 4.69) is 50.0 Å². The number of halogens is 1. The average Bonchev–Trinajstić information content (AvgIpc) is 3.08. The predicted octanol–water partition coefficient (Wildman–Crippen LogP) is 5.32. The highest BCUT2D eigenvalue weighted by molar-refractivity contribution is 6.30. The minimum Gasteiger partial charge on any atom is -0.370 e. The maximum Gasteiger partial charge on any atom is 0.229 e. The molecule has 2 heterocycles. The zero-order valence-corrected chi connectivity index (χ0v) is 15.7. The number of H-pyrrole nitrogens is 1. The van der Waals surface area contributed by atoms with Crippen LogP contribution in [-0.4, -0.2) is 21.5 Å². The lowest BCUT2D eigenvalue weighted by Gasteiger charge is -2.10. The maximum absolute atomic E-state index is 6.01. The van der Waals surface area contributed by atoms with Crippen LogP contribution < -0.4 is 10.6 Å². The molecule has 3 N–H and O–H groups in total. The quantitative estimate of drug-likeness (QED) is 0.425. The number of aryl methyl sites for hydroxylation is 1. The highest BCUT2D eigenvalue weighted by atomic mass is 35.5. The summed E-state index contributed by atoms with van der Waals surface area (Å²) in [6, 6.07) is 15.9. The van der Waals surface area contributed by atoms with E-state index >= 15 is 0 Å². The van der Waals surface area contributed by atoms with Crippen molar-refractivity contribution in [3.05, 3.63) is 77.1 Å². The number of anilines is 3. The highest BCUT2D eigenvalue weighted by Gasteiger charge is 2.05. The van der Waals surface area contributed by atoms with E-state index in [0.29, 0.717) is 11.0 Å². The number of nitrogens with zero attached hydrogens (tertiary/aromatic N) is 2. The van der Waals surface area contributed by atoms with Gasteiger partial charge in [-0.25, -0.2) is 4.98 Å². The molecule has 2 aromatic carbocycles. The lowest BCUT2D eigenvalue weighted by molar-refractivity contribution is 1.01. The van der Waals surface area contributed by atoms with E-state index in [9.17, 15) is 0 Å². The molecule has 0 spiro atoms. The predicted molar refractivity (Wildman–Crippen MR) is 112 cm³/mol. The molecule has 2 aromatic heterocycles. The summed E-state index contributed by atoms with van der Waals surface area (Å²) < 4.78 is 0. The van der Waals surface area contributed by atoms with E-state index in [1.54, 1.807) is 6.20 Å². The molecule has 136 valence electrons. The second-order valence-electron chi connectivity index (χ2n) is 6.39. The Morgan fingerprint density at radius 1 is 1.11 bits per heavy atom. The molecule has 0 radical (unpaired) electrons. The number of hydrogen-bond donors (Lipinski definition) is 3. The fourth-order valence-corrected chi connectivity index (χ4v) is 3.30. The van der Waals surface area contributed by atoms with E-state index in [0.717, 1.165) is 30.0 Å². The Bertz CT molecular complexity index is 1070. The van der Waals surface area contributed by atoms with Gasteiger partial charge in [-0.05, 0) is 54.8 Å². The van der Waals surface area contributed by atoms with E-state index in [1.807, 2.05) is 37.3 Å². The first-order chi connectivity index (χ1) is 13.2. The minimum absolute atomic E-state index is 0.553. The number of para-hydroxylation sites is 1. The third-order valence-corrected chi connectivity index (χ3v) is 4.70. The van der Waals surface area contributed by atoms with Gasteiger partial charge in [0.05, 0.1) is 0 Å². The smallest absolute Gasteiger partial charge is 0.229 e. The Balaban J connectivity index is 1.40. The second kappa shape index (κ2) is 7.68. The van der Waals surface area contributed by atoms with Crippen LogP contribution in [-0.2, 0) is 6.42 Å². The van der Waals surface area contributed by atoms with Crippen LogP contribution in [0.2, 0.25) is 5.02 Å². The molecule has 0 aliphatic rings. The van der Waals surface area contributed by atoms with Crippen molar-refractivity contribution in [2.24, 2.45) is 0 Å². The van der Waals surface area contributed by atoms with Crippen LogP contribution in [0.3, 0.4) is 0 Å². The molecule has 0 amide bonds. The second-order valence-corrected chi connectivity index (χ2v) is 6.82. The molecule has 0 fully saturated rings. The van der Waals surface area contributed by atoms with Crippen LogP contribution in [0.15, 0.2) is 60.9 Å². The van der Waals surface area contributed by atoms with Gasteiger partial charge in [-0.2, -0.15) is 4.98 Å². The first kappa shape index (κ1) is 17.4. The summed E-state index contributed by atoms with van der Waals surface area (Å²) in [4.78, 5) is 12.1. The molecule has 0 aliphatic heterocycles. The Labute approximate surface area is 162 Å². The van der Waals surface area contributed by atoms with Crippen LogP contribution in [0.5, 0.6) is 0 Å². The van der Waals surface area contributed by atoms with Crippen molar-refractivity contribution >= 4 is 40.0 Å². The van der Waals surface area contributed by atoms with Crippen molar-refractivity contribution in [2.75, 3.05) is 17.2 Å². The molecule has 0 atom stereocenters. The topological polar surface area (TPSA) is 65.6 Å². The standard InChI is InChI=1S/C21H20ClN5/c1-14-12-16(22)6-7-18(14)26-21-24-11-9-20(27-21)23-10-8-15-13-25-19-5-3-2-4-17(15)19/h2-7,9,11-13,25H,8,10H2,1H3,(H2,23,24,26,27). The van der Waals surface area contributed by atoms with Gasteiger partial charge in [0, 0.05) is 40.6 Å². The summed E-state index contributed by atoms with van der Waals surface area (Å²) in [6.45, 7) is 2.79. The zero-order chi connectivity index (χ0) is 18.6. The fraction of sp³-hybridized carbons (Fsp3) is 0.143. The molecule has 6 heteroatoms. The largest absolute Gasteiger partial charge is 0.370 e. The normalized spacial score (nSPS) is 10.9. The molecule has 0 unspecified atom stereocenters. The lowest BCUT2D eigenvalue weighted by Crippen LogP contribution is -2.07.